The van der Waals surface area contributed by atoms with E-state index < -0.39 is 0 Å². The minimum absolute atomic E-state index is 0.152. The van der Waals surface area contributed by atoms with Gasteiger partial charge in [-0.3, -0.25) is 0 Å². The van der Waals surface area contributed by atoms with Gasteiger partial charge in [0.25, 0.3) is 0 Å². The highest BCUT2D eigenvalue weighted by Crippen LogP contribution is 2.49. The quantitative estimate of drug-likeness (QED) is 0.919. The fraction of sp³-hybridized carbons (Fsp3) is 0.455. The third-order valence-corrected chi connectivity index (χ3v) is 3.63. The summed E-state index contributed by atoms with van der Waals surface area (Å²) in [6.07, 6.45) is 1.92. The number of ether oxygens (including phenoxy) is 1. The number of benzene rings is 1. The van der Waals surface area contributed by atoms with Gasteiger partial charge in [0.1, 0.15) is 11.6 Å². The van der Waals surface area contributed by atoms with Gasteiger partial charge in [0.05, 0.1) is 11.6 Å². The number of hydrogen-bond donors (Lipinski definition) is 1. The van der Waals surface area contributed by atoms with E-state index >= 15 is 0 Å². The van der Waals surface area contributed by atoms with Gasteiger partial charge in [-0.25, -0.2) is 4.39 Å². The second kappa shape index (κ2) is 3.76. The first-order valence-corrected chi connectivity index (χ1v) is 5.66. The molecule has 4 heteroatoms. The molecule has 0 heterocycles. The van der Waals surface area contributed by atoms with E-state index in [2.05, 4.69) is 15.9 Å². The average molecular weight is 274 g/mol. The molecular formula is C11H13BrFNO. The molecule has 2 nitrogen and oxygen atoms in total. The van der Waals surface area contributed by atoms with Crippen LogP contribution in [0.4, 0.5) is 4.39 Å². The summed E-state index contributed by atoms with van der Waals surface area (Å²) >= 11 is 3.19. The van der Waals surface area contributed by atoms with Gasteiger partial charge in [0.15, 0.2) is 0 Å². The Hall–Kier alpha value is -0.610. The molecule has 1 saturated carbocycles. The molecule has 1 fully saturated rings. The lowest BCUT2D eigenvalue weighted by Gasteiger charge is -2.16. The van der Waals surface area contributed by atoms with Gasteiger partial charge in [-0.05, 0) is 40.9 Å². The molecule has 0 aromatic heterocycles. The smallest absolute Gasteiger partial charge is 0.141 e. The predicted molar refractivity (Wildman–Crippen MR) is 60.6 cm³/mol. The summed E-state index contributed by atoms with van der Waals surface area (Å²) in [5.74, 6) is 0.455. The Morgan fingerprint density at radius 2 is 2.20 bits per heavy atom. The fourth-order valence-electron chi connectivity index (χ4n) is 1.80. The van der Waals surface area contributed by atoms with Crippen molar-refractivity contribution in [2.75, 3.05) is 13.7 Å². The van der Waals surface area contributed by atoms with Gasteiger partial charge in [0, 0.05) is 17.5 Å². The number of nitrogens with two attached hydrogens (primary N) is 1. The summed E-state index contributed by atoms with van der Waals surface area (Å²) in [6, 6.07) is 3.38. The van der Waals surface area contributed by atoms with Crippen LogP contribution in [0.2, 0.25) is 0 Å². The first-order chi connectivity index (χ1) is 7.13. The van der Waals surface area contributed by atoms with Crippen molar-refractivity contribution in [3.8, 4) is 5.75 Å². The van der Waals surface area contributed by atoms with Gasteiger partial charge in [-0.15, -0.1) is 0 Å². The number of methoxy groups -OCH3 is 1. The molecule has 1 aliphatic rings. The van der Waals surface area contributed by atoms with Crippen LogP contribution in [0.5, 0.6) is 5.75 Å². The molecule has 0 spiro atoms. The number of halogens is 2. The fourth-order valence-corrected chi connectivity index (χ4v) is 2.24. The molecule has 0 unspecified atom stereocenters. The lowest BCUT2D eigenvalue weighted by atomic mass is 9.95. The lowest BCUT2D eigenvalue weighted by molar-refractivity contribution is 0.411. The van der Waals surface area contributed by atoms with Crippen LogP contribution in [0.3, 0.4) is 0 Å². The van der Waals surface area contributed by atoms with Gasteiger partial charge >= 0.3 is 0 Å². The second-order valence-electron chi connectivity index (χ2n) is 3.96. The molecule has 1 aliphatic carbocycles. The van der Waals surface area contributed by atoms with E-state index in [1.807, 2.05) is 0 Å². The zero-order valence-electron chi connectivity index (χ0n) is 8.52. The van der Waals surface area contributed by atoms with E-state index in [1.54, 1.807) is 19.2 Å². The summed E-state index contributed by atoms with van der Waals surface area (Å²) in [4.78, 5) is 0. The molecule has 0 amide bonds. The second-order valence-corrected chi connectivity index (χ2v) is 4.81. The normalized spacial score (nSPS) is 17.6. The van der Waals surface area contributed by atoms with Crippen molar-refractivity contribution in [3.63, 3.8) is 0 Å². The molecule has 2 rings (SSSR count). The van der Waals surface area contributed by atoms with Crippen molar-refractivity contribution in [1.29, 1.82) is 0 Å². The molecule has 2 N–H and O–H groups in total. The SMILES string of the molecule is COc1cc(Br)c(F)c(C2(CN)CC2)c1. The largest absolute Gasteiger partial charge is 0.497 e. The topological polar surface area (TPSA) is 35.2 Å². The summed E-state index contributed by atoms with van der Waals surface area (Å²) in [6.45, 7) is 0.490. The molecular weight excluding hydrogens is 261 g/mol. The van der Waals surface area contributed by atoms with Crippen LogP contribution in [-0.4, -0.2) is 13.7 Å². The summed E-state index contributed by atoms with van der Waals surface area (Å²) in [5.41, 5.74) is 6.21. The van der Waals surface area contributed by atoms with Crippen LogP contribution in [0.25, 0.3) is 0 Å². The van der Waals surface area contributed by atoms with Crippen molar-refractivity contribution < 1.29 is 9.13 Å². The van der Waals surface area contributed by atoms with Crippen molar-refractivity contribution in [2.45, 2.75) is 18.3 Å². The molecule has 0 aliphatic heterocycles. The molecule has 0 radical (unpaired) electrons. The van der Waals surface area contributed by atoms with Crippen LogP contribution < -0.4 is 10.5 Å². The van der Waals surface area contributed by atoms with Gasteiger partial charge < -0.3 is 10.5 Å². The average Bonchev–Trinajstić information content (AvgIpc) is 3.02. The molecule has 82 valence electrons. The summed E-state index contributed by atoms with van der Waals surface area (Å²) in [7, 11) is 1.57. The van der Waals surface area contributed by atoms with E-state index in [0.29, 0.717) is 22.3 Å². The highest BCUT2D eigenvalue weighted by molar-refractivity contribution is 9.10. The molecule has 1 aromatic carbocycles. The molecule has 1 aromatic rings. The Balaban J connectivity index is 2.50. The third-order valence-electron chi connectivity index (χ3n) is 3.05. The Kier molecular flexibility index (Phi) is 2.73. The van der Waals surface area contributed by atoms with Crippen LogP contribution >= 0.6 is 15.9 Å². The first-order valence-electron chi connectivity index (χ1n) is 4.86. The Morgan fingerprint density at radius 1 is 1.53 bits per heavy atom. The summed E-state index contributed by atoms with van der Waals surface area (Å²) in [5, 5.41) is 0. The van der Waals surface area contributed by atoms with E-state index in [9.17, 15) is 4.39 Å². The highest BCUT2D eigenvalue weighted by atomic mass is 79.9. The minimum Gasteiger partial charge on any atom is -0.497 e. The standard InChI is InChI=1S/C11H13BrFNO/c1-15-7-4-8(10(13)9(12)5-7)11(6-14)2-3-11/h4-5H,2-3,6,14H2,1H3. The van der Waals surface area contributed by atoms with Crippen LogP contribution in [0.15, 0.2) is 16.6 Å². The van der Waals surface area contributed by atoms with E-state index in [1.165, 1.54) is 0 Å². The number of rotatable bonds is 3. The molecule has 15 heavy (non-hydrogen) atoms. The van der Waals surface area contributed by atoms with E-state index in [4.69, 9.17) is 10.5 Å². The van der Waals surface area contributed by atoms with Crippen LogP contribution in [-0.2, 0) is 5.41 Å². The lowest BCUT2D eigenvalue weighted by Crippen LogP contribution is -2.21. The van der Waals surface area contributed by atoms with Crippen molar-refractivity contribution >= 4 is 15.9 Å². The number of hydrogen-bond acceptors (Lipinski definition) is 2. The minimum atomic E-state index is -0.209. The van der Waals surface area contributed by atoms with Crippen molar-refractivity contribution in [3.05, 3.63) is 28.0 Å². The summed E-state index contributed by atoms with van der Waals surface area (Å²) < 4.78 is 19.4. The van der Waals surface area contributed by atoms with E-state index in [-0.39, 0.29) is 11.2 Å². The predicted octanol–water partition coefficient (Wildman–Crippen LogP) is 2.59. The van der Waals surface area contributed by atoms with Crippen LogP contribution in [0.1, 0.15) is 18.4 Å². The molecule has 0 atom stereocenters. The Morgan fingerprint density at radius 3 is 2.67 bits per heavy atom. The zero-order valence-corrected chi connectivity index (χ0v) is 10.1. The van der Waals surface area contributed by atoms with Crippen molar-refractivity contribution in [2.24, 2.45) is 5.73 Å². The maximum absolute atomic E-state index is 13.9. The van der Waals surface area contributed by atoms with Crippen molar-refractivity contribution in [1.82, 2.24) is 0 Å². The first kappa shape index (κ1) is 10.9. The zero-order chi connectivity index (χ0) is 11.1. The monoisotopic (exact) mass is 273 g/mol. The van der Waals surface area contributed by atoms with Crippen LogP contribution in [0, 0.1) is 5.82 Å². The van der Waals surface area contributed by atoms with Gasteiger partial charge in [0.2, 0.25) is 0 Å². The van der Waals surface area contributed by atoms with Gasteiger partial charge in [-0.1, -0.05) is 0 Å². The third kappa shape index (κ3) is 1.76. The highest BCUT2D eigenvalue weighted by Gasteiger charge is 2.45. The molecule has 0 bridgehead atoms. The maximum Gasteiger partial charge on any atom is 0.141 e. The Bertz CT molecular complexity index is 390. The van der Waals surface area contributed by atoms with Gasteiger partial charge in [-0.2, -0.15) is 0 Å². The Labute approximate surface area is 96.7 Å². The molecule has 0 saturated heterocycles. The maximum atomic E-state index is 13.9. The van der Waals surface area contributed by atoms with E-state index in [0.717, 1.165) is 12.8 Å².